The Labute approximate surface area is 94.2 Å². The molecule has 0 bridgehead atoms. The van der Waals surface area contributed by atoms with Crippen LogP contribution in [0.15, 0.2) is 0 Å². The normalized spacial score (nSPS) is 39.0. The quantitative estimate of drug-likeness (QED) is 0.774. The van der Waals surface area contributed by atoms with Gasteiger partial charge >= 0.3 is 0 Å². The first-order valence-corrected chi connectivity index (χ1v) is 6.65. The summed E-state index contributed by atoms with van der Waals surface area (Å²) in [6, 6.07) is 0. The van der Waals surface area contributed by atoms with Gasteiger partial charge in [0, 0.05) is 12.1 Å². The molecule has 1 aliphatic heterocycles. The first-order valence-electron chi connectivity index (χ1n) is 6.65. The van der Waals surface area contributed by atoms with Crippen LogP contribution in [-0.2, 0) is 0 Å². The minimum atomic E-state index is 0.401. The van der Waals surface area contributed by atoms with E-state index in [-0.39, 0.29) is 0 Å². The molecule has 0 aromatic carbocycles. The lowest BCUT2D eigenvalue weighted by Gasteiger charge is -2.55. The fourth-order valence-electron chi connectivity index (χ4n) is 3.61. The predicted molar refractivity (Wildman–Crippen MR) is 64.8 cm³/mol. The van der Waals surface area contributed by atoms with Crippen molar-refractivity contribution < 1.29 is 0 Å². The van der Waals surface area contributed by atoms with Gasteiger partial charge in [0.05, 0.1) is 0 Å². The van der Waals surface area contributed by atoms with Gasteiger partial charge in [-0.1, -0.05) is 20.3 Å². The second kappa shape index (κ2) is 4.42. The molecule has 0 spiro atoms. The monoisotopic (exact) mass is 210 g/mol. The maximum atomic E-state index is 5.99. The molecule has 2 heteroatoms. The molecule has 1 saturated heterocycles. The van der Waals surface area contributed by atoms with Gasteiger partial charge in [0.1, 0.15) is 0 Å². The van der Waals surface area contributed by atoms with Crippen molar-refractivity contribution in [1.29, 1.82) is 0 Å². The average Bonchev–Trinajstić information content (AvgIpc) is 2.25. The summed E-state index contributed by atoms with van der Waals surface area (Å²) in [6.45, 7) is 8.14. The summed E-state index contributed by atoms with van der Waals surface area (Å²) in [5, 5.41) is 0. The highest BCUT2D eigenvalue weighted by atomic mass is 15.2. The molecule has 1 aliphatic carbocycles. The zero-order valence-electron chi connectivity index (χ0n) is 10.3. The van der Waals surface area contributed by atoms with Gasteiger partial charge in [-0.3, -0.25) is 4.90 Å². The van der Waals surface area contributed by atoms with Gasteiger partial charge in [0.25, 0.3) is 0 Å². The maximum absolute atomic E-state index is 5.99. The van der Waals surface area contributed by atoms with Gasteiger partial charge < -0.3 is 5.73 Å². The number of piperidine rings is 1. The zero-order valence-corrected chi connectivity index (χ0v) is 10.3. The van der Waals surface area contributed by atoms with Crippen LogP contribution in [0.1, 0.15) is 46.0 Å². The summed E-state index contributed by atoms with van der Waals surface area (Å²) in [4.78, 5) is 2.69. The molecule has 0 aromatic heterocycles. The molecular weight excluding hydrogens is 184 g/mol. The SMILES string of the molecule is CCC1CCN(C2(CN)CC(C)C2)CC1. The second-order valence-electron chi connectivity index (χ2n) is 5.78. The first kappa shape index (κ1) is 11.4. The summed E-state index contributed by atoms with van der Waals surface area (Å²) in [5.74, 6) is 1.88. The highest BCUT2D eigenvalue weighted by Crippen LogP contribution is 2.43. The van der Waals surface area contributed by atoms with Crippen LogP contribution < -0.4 is 5.73 Å². The first-order chi connectivity index (χ1) is 7.20. The smallest absolute Gasteiger partial charge is 0.0336 e. The van der Waals surface area contributed by atoms with Crippen LogP contribution in [0, 0.1) is 11.8 Å². The molecule has 1 saturated carbocycles. The number of nitrogens with two attached hydrogens (primary N) is 1. The maximum Gasteiger partial charge on any atom is 0.0336 e. The van der Waals surface area contributed by atoms with Gasteiger partial charge in [0.15, 0.2) is 0 Å². The summed E-state index contributed by atoms with van der Waals surface area (Å²) in [7, 11) is 0. The molecular formula is C13H26N2. The predicted octanol–water partition coefficient (Wildman–Crippen LogP) is 2.24. The molecule has 0 radical (unpaired) electrons. The van der Waals surface area contributed by atoms with E-state index in [0.717, 1.165) is 18.4 Å². The van der Waals surface area contributed by atoms with Crippen molar-refractivity contribution in [2.45, 2.75) is 51.5 Å². The molecule has 2 nitrogen and oxygen atoms in total. The molecule has 88 valence electrons. The van der Waals surface area contributed by atoms with Crippen molar-refractivity contribution in [1.82, 2.24) is 4.90 Å². The van der Waals surface area contributed by atoms with E-state index in [4.69, 9.17) is 5.73 Å². The fraction of sp³-hybridized carbons (Fsp3) is 1.00. The van der Waals surface area contributed by atoms with E-state index in [2.05, 4.69) is 18.7 Å². The van der Waals surface area contributed by atoms with Gasteiger partial charge in [-0.25, -0.2) is 0 Å². The number of hydrogen-bond acceptors (Lipinski definition) is 2. The molecule has 0 amide bonds. The molecule has 2 rings (SSSR count). The standard InChI is InChI=1S/C13H26N2/c1-3-12-4-6-15(7-5-12)13(10-14)8-11(2)9-13/h11-12H,3-10,14H2,1-2H3. The molecule has 2 fully saturated rings. The van der Waals surface area contributed by atoms with Crippen LogP contribution >= 0.6 is 0 Å². The second-order valence-corrected chi connectivity index (χ2v) is 5.78. The largest absolute Gasteiger partial charge is 0.329 e. The number of rotatable bonds is 3. The van der Waals surface area contributed by atoms with E-state index in [1.54, 1.807) is 0 Å². The Bertz CT molecular complexity index is 201. The molecule has 2 aliphatic rings. The molecule has 1 heterocycles. The highest BCUT2D eigenvalue weighted by molar-refractivity contribution is 5.03. The van der Waals surface area contributed by atoms with Crippen molar-refractivity contribution >= 4 is 0 Å². The Morgan fingerprint density at radius 2 is 1.87 bits per heavy atom. The molecule has 15 heavy (non-hydrogen) atoms. The van der Waals surface area contributed by atoms with Crippen molar-refractivity contribution in [2.75, 3.05) is 19.6 Å². The van der Waals surface area contributed by atoms with E-state index in [1.807, 2.05) is 0 Å². The van der Waals surface area contributed by atoms with E-state index in [1.165, 1.54) is 45.2 Å². The average molecular weight is 210 g/mol. The Kier molecular flexibility index (Phi) is 3.36. The Balaban J connectivity index is 1.89. The van der Waals surface area contributed by atoms with E-state index < -0.39 is 0 Å². The van der Waals surface area contributed by atoms with Crippen LogP contribution in [0.5, 0.6) is 0 Å². The summed E-state index contributed by atoms with van der Waals surface area (Å²) >= 11 is 0. The van der Waals surface area contributed by atoms with E-state index in [9.17, 15) is 0 Å². The van der Waals surface area contributed by atoms with Crippen LogP contribution in [0.4, 0.5) is 0 Å². The minimum absolute atomic E-state index is 0.401. The molecule has 0 unspecified atom stereocenters. The van der Waals surface area contributed by atoms with Crippen molar-refractivity contribution in [2.24, 2.45) is 17.6 Å². The van der Waals surface area contributed by atoms with Gasteiger partial charge in [-0.05, 0) is 50.6 Å². The Hall–Kier alpha value is -0.0800. The van der Waals surface area contributed by atoms with Crippen LogP contribution in [0.2, 0.25) is 0 Å². The van der Waals surface area contributed by atoms with Gasteiger partial charge in [-0.2, -0.15) is 0 Å². The third-order valence-electron chi connectivity index (χ3n) is 4.70. The summed E-state index contributed by atoms with van der Waals surface area (Å²) < 4.78 is 0. The van der Waals surface area contributed by atoms with E-state index in [0.29, 0.717) is 5.54 Å². The summed E-state index contributed by atoms with van der Waals surface area (Å²) in [6.07, 6.45) is 6.82. The number of likely N-dealkylation sites (tertiary alicyclic amines) is 1. The minimum Gasteiger partial charge on any atom is -0.329 e. The molecule has 2 N–H and O–H groups in total. The highest BCUT2D eigenvalue weighted by Gasteiger charge is 2.45. The lowest BCUT2D eigenvalue weighted by atomic mass is 9.67. The molecule has 0 atom stereocenters. The summed E-state index contributed by atoms with van der Waals surface area (Å²) in [5.41, 5.74) is 6.39. The third kappa shape index (κ3) is 2.07. The topological polar surface area (TPSA) is 29.3 Å². The van der Waals surface area contributed by atoms with Crippen LogP contribution in [0.3, 0.4) is 0 Å². The van der Waals surface area contributed by atoms with E-state index >= 15 is 0 Å². The number of hydrogen-bond donors (Lipinski definition) is 1. The zero-order chi connectivity index (χ0) is 10.9. The number of nitrogens with zero attached hydrogens (tertiary/aromatic N) is 1. The third-order valence-corrected chi connectivity index (χ3v) is 4.70. The van der Waals surface area contributed by atoms with Crippen molar-refractivity contribution in [3.05, 3.63) is 0 Å². The van der Waals surface area contributed by atoms with Crippen molar-refractivity contribution in [3.63, 3.8) is 0 Å². The van der Waals surface area contributed by atoms with Gasteiger partial charge in [-0.15, -0.1) is 0 Å². The lowest BCUT2D eigenvalue weighted by molar-refractivity contribution is -0.0324. The van der Waals surface area contributed by atoms with Crippen molar-refractivity contribution in [3.8, 4) is 0 Å². The lowest BCUT2D eigenvalue weighted by Crippen LogP contribution is -2.62. The Morgan fingerprint density at radius 1 is 1.27 bits per heavy atom. The van der Waals surface area contributed by atoms with Crippen LogP contribution in [0.25, 0.3) is 0 Å². The Morgan fingerprint density at radius 3 is 2.27 bits per heavy atom. The fourth-order valence-corrected chi connectivity index (χ4v) is 3.61. The molecule has 0 aromatic rings. The van der Waals surface area contributed by atoms with Gasteiger partial charge in [0.2, 0.25) is 0 Å². The van der Waals surface area contributed by atoms with Crippen LogP contribution in [-0.4, -0.2) is 30.1 Å².